The summed E-state index contributed by atoms with van der Waals surface area (Å²) in [6, 6.07) is -0.113. The SMILES string of the molecule is CC1CCCNC1C(=O)NCC1CCCC1C(=O)O. The number of piperidine rings is 1. The normalized spacial score (nSPS) is 35.0. The Labute approximate surface area is 114 Å². The minimum absolute atomic E-state index is 0.0308. The predicted molar refractivity (Wildman–Crippen MR) is 71.7 cm³/mol. The topological polar surface area (TPSA) is 78.4 Å². The molecule has 2 rings (SSSR count). The zero-order chi connectivity index (χ0) is 13.8. The number of rotatable bonds is 4. The van der Waals surface area contributed by atoms with E-state index in [4.69, 9.17) is 5.11 Å². The molecule has 0 aromatic carbocycles. The molecule has 1 saturated heterocycles. The van der Waals surface area contributed by atoms with Gasteiger partial charge in [-0.3, -0.25) is 9.59 Å². The average Bonchev–Trinajstić information content (AvgIpc) is 2.85. The molecule has 1 amide bonds. The maximum atomic E-state index is 12.1. The third kappa shape index (κ3) is 3.47. The van der Waals surface area contributed by atoms with Crippen molar-refractivity contribution in [3.8, 4) is 0 Å². The van der Waals surface area contributed by atoms with E-state index < -0.39 is 5.97 Å². The van der Waals surface area contributed by atoms with E-state index in [2.05, 4.69) is 17.6 Å². The molecule has 0 aromatic heterocycles. The summed E-state index contributed by atoms with van der Waals surface area (Å²) in [5.41, 5.74) is 0. The van der Waals surface area contributed by atoms with E-state index >= 15 is 0 Å². The van der Waals surface area contributed by atoms with Crippen molar-refractivity contribution in [3.05, 3.63) is 0 Å². The fraction of sp³-hybridized carbons (Fsp3) is 0.857. The molecule has 4 unspecified atom stereocenters. The lowest BCUT2D eigenvalue weighted by atomic mass is 9.91. The smallest absolute Gasteiger partial charge is 0.306 e. The summed E-state index contributed by atoms with van der Waals surface area (Å²) in [7, 11) is 0. The summed E-state index contributed by atoms with van der Waals surface area (Å²) in [4.78, 5) is 23.2. The molecule has 0 radical (unpaired) electrons. The number of nitrogens with one attached hydrogen (secondary N) is 2. The highest BCUT2D eigenvalue weighted by Gasteiger charge is 2.34. The highest BCUT2D eigenvalue weighted by molar-refractivity contribution is 5.82. The first-order valence-electron chi connectivity index (χ1n) is 7.33. The first kappa shape index (κ1) is 14.3. The molecular formula is C14H24N2O3. The Hall–Kier alpha value is -1.10. The Bertz CT molecular complexity index is 346. The number of carbonyl (C=O) groups is 2. The van der Waals surface area contributed by atoms with E-state index in [-0.39, 0.29) is 23.8 Å². The van der Waals surface area contributed by atoms with E-state index in [1.165, 1.54) is 0 Å². The molecule has 4 atom stereocenters. The maximum absolute atomic E-state index is 12.1. The molecule has 108 valence electrons. The number of hydrogen-bond donors (Lipinski definition) is 3. The predicted octanol–water partition coefficient (Wildman–Crippen LogP) is 0.992. The standard InChI is InChI=1S/C14H24N2O3/c1-9-4-3-7-15-12(9)13(17)16-8-10-5-2-6-11(10)14(18)19/h9-12,15H,2-8H2,1H3,(H,16,17)(H,18,19). The van der Waals surface area contributed by atoms with Gasteiger partial charge in [-0.15, -0.1) is 0 Å². The van der Waals surface area contributed by atoms with E-state index in [1.54, 1.807) is 0 Å². The number of carboxylic acid groups (broad SMARTS) is 1. The van der Waals surface area contributed by atoms with Crippen molar-refractivity contribution in [3.63, 3.8) is 0 Å². The lowest BCUT2D eigenvalue weighted by molar-refractivity contribution is -0.143. The fourth-order valence-corrected chi connectivity index (χ4v) is 3.35. The van der Waals surface area contributed by atoms with Gasteiger partial charge in [0.05, 0.1) is 12.0 Å². The second-order valence-electron chi connectivity index (χ2n) is 5.93. The molecule has 5 nitrogen and oxygen atoms in total. The second-order valence-corrected chi connectivity index (χ2v) is 5.93. The van der Waals surface area contributed by atoms with Crippen LogP contribution in [0.15, 0.2) is 0 Å². The van der Waals surface area contributed by atoms with E-state index in [1.807, 2.05) is 0 Å². The first-order chi connectivity index (χ1) is 9.09. The Morgan fingerprint density at radius 3 is 2.74 bits per heavy atom. The number of amides is 1. The van der Waals surface area contributed by atoms with Crippen molar-refractivity contribution in [1.82, 2.24) is 10.6 Å². The lowest BCUT2D eigenvalue weighted by Crippen LogP contribution is -2.51. The molecule has 0 aromatic rings. The van der Waals surface area contributed by atoms with Gasteiger partial charge in [0.1, 0.15) is 0 Å². The van der Waals surface area contributed by atoms with Crippen LogP contribution in [0.3, 0.4) is 0 Å². The Morgan fingerprint density at radius 1 is 1.26 bits per heavy atom. The van der Waals surface area contributed by atoms with Crippen LogP contribution in [0.2, 0.25) is 0 Å². The quantitative estimate of drug-likeness (QED) is 0.710. The number of carbonyl (C=O) groups excluding carboxylic acids is 1. The highest BCUT2D eigenvalue weighted by atomic mass is 16.4. The number of aliphatic carboxylic acids is 1. The fourth-order valence-electron chi connectivity index (χ4n) is 3.35. The van der Waals surface area contributed by atoms with Crippen LogP contribution in [0.25, 0.3) is 0 Å². The van der Waals surface area contributed by atoms with Gasteiger partial charge in [-0.1, -0.05) is 13.3 Å². The van der Waals surface area contributed by atoms with Gasteiger partial charge >= 0.3 is 5.97 Å². The Kier molecular flexibility index (Phi) is 4.80. The molecule has 3 N–H and O–H groups in total. The van der Waals surface area contributed by atoms with E-state index in [0.717, 1.165) is 38.6 Å². The summed E-state index contributed by atoms with van der Waals surface area (Å²) in [6.45, 7) is 3.48. The van der Waals surface area contributed by atoms with Gasteiger partial charge in [0, 0.05) is 6.54 Å². The maximum Gasteiger partial charge on any atom is 0.306 e. The average molecular weight is 268 g/mol. The molecule has 2 fully saturated rings. The highest BCUT2D eigenvalue weighted by Crippen LogP contribution is 2.31. The van der Waals surface area contributed by atoms with Crippen LogP contribution in [-0.2, 0) is 9.59 Å². The van der Waals surface area contributed by atoms with Gasteiger partial charge in [0.15, 0.2) is 0 Å². The zero-order valence-corrected chi connectivity index (χ0v) is 11.5. The largest absolute Gasteiger partial charge is 0.481 e. The van der Waals surface area contributed by atoms with Crippen molar-refractivity contribution in [2.75, 3.05) is 13.1 Å². The third-order valence-corrected chi connectivity index (χ3v) is 4.57. The minimum Gasteiger partial charge on any atom is -0.481 e. The monoisotopic (exact) mass is 268 g/mol. The van der Waals surface area contributed by atoms with Crippen LogP contribution in [0, 0.1) is 17.8 Å². The van der Waals surface area contributed by atoms with E-state index in [9.17, 15) is 9.59 Å². The molecular weight excluding hydrogens is 244 g/mol. The number of carboxylic acids is 1. The van der Waals surface area contributed by atoms with Crippen molar-refractivity contribution in [1.29, 1.82) is 0 Å². The minimum atomic E-state index is -0.721. The van der Waals surface area contributed by atoms with Crippen LogP contribution in [0.4, 0.5) is 0 Å². The molecule has 0 bridgehead atoms. The van der Waals surface area contributed by atoms with Crippen molar-refractivity contribution < 1.29 is 14.7 Å². The molecule has 2 aliphatic rings. The van der Waals surface area contributed by atoms with E-state index in [0.29, 0.717) is 12.5 Å². The summed E-state index contributed by atoms with van der Waals surface area (Å²) >= 11 is 0. The molecule has 1 aliphatic carbocycles. The van der Waals surface area contributed by atoms with Gasteiger partial charge in [-0.2, -0.15) is 0 Å². The summed E-state index contributed by atoms with van der Waals surface area (Å²) in [6.07, 6.45) is 4.80. The molecule has 0 spiro atoms. The van der Waals surface area contributed by atoms with Crippen LogP contribution in [0.5, 0.6) is 0 Å². The first-order valence-corrected chi connectivity index (χ1v) is 7.33. The van der Waals surface area contributed by atoms with Gasteiger partial charge in [0.25, 0.3) is 0 Å². The number of hydrogen-bond acceptors (Lipinski definition) is 3. The summed E-state index contributed by atoms with van der Waals surface area (Å²) in [5, 5.41) is 15.3. The van der Waals surface area contributed by atoms with Crippen molar-refractivity contribution in [2.24, 2.45) is 17.8 Å². The Balaban J connectivity index is 1.81. The summed E-state index contributed by atoms with van der Waals surface area (Å²) in [5.74, 6) is -0.519. The zero-order valence-electron chi connectivity index (χ0n) is 11.5. The molecule has 5 heteroatoms. The van der Waals surface area contributed by atoms with Crippen molar-refractivity contribution >= 4 is 11.9 Å². The molecule has 1 aliphatic heterocycles. The van der Waals surface area contributed by atoms with Crippen LogP contribution >= 0.6 is 0 Å². The molecule has 1 saturated carbocycles. The summed E-state index contributed by atoms with van der Waals surface area (Å²) < 4.78 is 0. The van der Waals surface area contributed by atoms with Crippen molar-refractivity contribution in [2.45, 2.75) is 45.1 Å². The Morgan fingerprint density at radius 2 is 2.05 bits per heavy atom. The molecule has 19 heavy (non-hydrogen) atoms. The molecule has 1 heterocycles. The van der Waals surface area contributed by atoms with Gasteiger partial charge < -0.3 is 15.7 Å². The second kappa shape index (κ2) is 6.37. The lowest BCUT2D eigenvalue weighted by Gasteiger charge is -2.29. The third-order valence-electron chi connectivity index (χ3n) is 4.57. The van der Waals surface area contributed by atoms with Crippen LogP contribution in [0.1, 0.15) is 39.0 Å². The van der Waals surface area contributed by atoms with Gasteiger partial charge in [0.2, 0.25) is 5.91 Å². The van der Waals surface area contributed by atoms with Gasteiger partial charge in [-0.05, 0) is 44.1 Å². The van der Waals surface area contributed by atoms with Gasteiger partial charge in [-0.25, -0.2) is 0 Å². The van der Waals surface area contributed by atoms with Crippen LogP contribution in [-0.4, -0.2) is 36.1 Å². The van der Waals surface area contributed by atoms with Crippen LogP contribution < -0.4 is 10.6 Å².